The third kappa shape index (κ3) is 5.83. The van der Waals surface area contributed by atoms with Gasteiger partial charge in [-0.25, -0.2) is 8.78 Å². The van der Waals surface area contributed by atoms with E-state index in [9.17, 15) is 8.78 Å². The molecule has 0 spiro atoms. The number of unbranched alkanes of at least 4 members (excludes halogenated alkanes) is 2. The van der Waals surface area contributed by atoms with Crippen molar-refractivity contribution in [2.24, 2.45) is 0 Å². The van der Waals surface area contributed by atoms with E-state index in [1.54, 1.807) is 0 Å². The predicted molar refractivity (Wildman–Crippen MR) is 48.1 cm³/mol. The van der Waals surface area contributed by atoms with Crippen LogP contribution in [-0.4, -0.2) is 0 Å². The Morgan fingerprint density at radius 2 is 2.08 bits per heavy atom. The van der Waals surface area contributed by atoms with Crippen LogP contribution in [0.15, 0.2) is 36.5 Å². The van der Waals surface area contributed by atoms with E-state index in [-0.39, 0.29) is 0 Å². The van der Waals surface area contributed by atoms with E-state index in [1.807, 2.05) is 6.08 Å². The molecule has 0 aromatic heterocycles. The monoisotopic (exact) mass is 172 g/mol. The molecule has 0 aromatic rings. The van der Waals surface area contributed by atoms with Gasteiger partial charge in [-0.1, -0.05) is 38.5 Å². The molecule has 0 rings (SSSR count). The SMILES string of the molecule is C=C(F)/C(F)=C\C=C\CCCC. The molecule has 0 nitrogen and oxygen atoms in total. The molecule has 0 unspecified atom stereocenters. The molecule has 0 radical (unpaired) electrons. The molecule has 0 saturated heterocycles. The molecule has 68 valence electrons. The van der Waals surface area contributed by atoms with Crippen LogP contribution in [0.3, 0.4) is 0 Å². The normalized spacial score (nSPS) is 12.4. The first-order chi connectivity index (χ1) is 5.68. The molecule has 0 N–H and O–H groups in total. The molecular formula is C10H14F2. The van der Waals surface area contributed by atoms with Crippen LogP contribution in [0, 0.1) is 0 Å². The van der Waals surface area contributed by atoms with Gasteiger partial charge in [0.25, 0.3) is 0 Å². The second kappa shape index (κ2) is 6.77. The van der Waals surface area contributed by atoms with Crippen molar-refractivity contribution in [2.45, 2.75) is 26.2 Å². The van der Waals surface area contributed by atoms with E-state index in [0.29, 0.717) is 0 Å². The van der Waals surface area contributed by atoms with Crippen molar-refractivity contribution < 1.29 is 8.78 Å². The lowest BCUT2D eigenvalue weighted by Crippen LogP contribution is -1.70. The molecule has 0 heterocycles. The van der Waals surface area contributed by atoms with E-state index in [1.165, 1.54) is 6.08 Å². The van der Waals surface area contributed by atoms with E-state index in [2.05, 4.69) is 13.5 Å². The molecule has 0 aliphatic carbocycles. The molecule has 0 aliphatic rings. The number of halogens is 2. The molecule has 0 fully saturated rings. The molecule has 0 amide bonds. The summed E-state index contributed by atoms with van der Waals surface area (Å²) in [4.78, 5) is 0. The van der Waals surface area contributed by atoms with Gasteiger partial charge in [0, 0.05) is 0 Å². The summed E-state index contributed by atoms with van der Waals surface area (Å²) in [5.74, 6) is -1.92. The second-order valence-corrected chi connectivity index (χ2v) is 2.49. The van der Waals surface area contributed by atoms with Crippen molar-refractivity contribution in [3.63, 3.8) is 0 Å². The number of allylic oxidation sites excluding steroid dienone is 5. The van der Waals surface area contributed by atoms with Crippen LogP contribution in [-0.2, 0) is 0 Å². The minimum atomic E-state index is -1.02. The fourth-order valence-corrected chi connectivity index (χ4v) is 0.661. The number of hydrogen-bond donors (Lipinski definition) is 0. The minimum absolute atomic E-state index is 0.900. The summed E-state index contributed by atoms with van der Waals surface area (Å²) in [6.07, 6.45) is 7.48. The van der Waals surface area contributed by atoms with Gasteiger partial charge in [0.2, 0.25) is 0 Å². The molecule has 12 heavy (non-hydrogen) atoms. The Morgan fingerprint density at radius 1 is 1.42 bits per heavy atom. The van der Waals surface area contributed by atoms with Gasteiger partial charge in [-0.05, 0) is 12.5 Å². The molecule has 0 saturated carbocycles. The lowest BCUT2D eigenvalue weighted by Gasteiger charge is -1.87. The van der Waals surface area contributed by atoms with Crippen molar-refractivity contribution in [3.8, 4) is 0 Å². The van der Waals surface area contributed by atoms with Crippen LogP contribution in [0.1, 0.15) is 26.2 Å². The first-order valence-electron chi connectivity index (χ1n) is 4.05. The standard InChI is InChI=1S/C10H14F2/c1-3-4-5-6-7-8-10(12)9(2)11/h6-8H,2-5H2,1H3/b7-6+,10-8+. The summed E-state index contributed by atoms with van der Waals surface area (Å²) in [6.45, 7) is 4.90. The van der Waals surface area contributed by atoms with Crippen LogP contribution in [0.5, 0.6) is 0 Å². The summed E-state index contributed by atoms with van der Waals surface area (Å²) >= 11 is 0. The zero-order valence-corrected chi connectivity index (χ0v) is 7.32. The molecular weight excluding hydrogens is 158 g/mol. The van der Waals surface area contributed by atoms with Crippen molar-refractivity contribution in [1.29, 1.82) is 0 Å². The van der Waals surface area contributed by atoms with Gasteiger partial charge in [0.05, 0.1) is 0 Å². The summed E-state index contributed by atoms with van der Waals surface area (Å²) < 4.78 is 24.4. The van der Waals surface area contributed by atoms with Crippen LogP contribution in [0.2, 0.25) is 0 Å². The Balaban J connectivity index is 3.71. The highest BCUT2D eigenvalue weighted by atomic mass is 19.2. The third-order valence-corrected chi connectivity index (χ3v) is 1.36. The highest BCUT2D eigenvalue weighted by molar-refractivity contribution is 5.20. The molecule has 0 atom stereocenters. The quantitative estimate of drug-likeness (QED) is 0.433. The number of hydrogen-bond acceptors (Lipinski definition) is 0. The summed E-state index contributed by atoms with van der Waals surface area (Å²) in [6, 6.07) is 0. The van der Waals surface area contributed by atoms with Crippen LogP contribution in [0.25, 0.3) is 0 Å². The van der Waals surface area contributed by atoms with E-state index < -0.39 is 11.7 Å². The van der Waals surface area contributed by atoms with Crippen LogP contribution < -0.4 is 0 Å². The predicted octanol–water partition coefficient (Wildman–Crippen LogP) is 4.07. The van der Waals surface area contributed by atoms with Gasteiger partial charge >= 0.3 is 0 Å². The Hall–Kier alpha value is -0.920. The summed E-state index contributed by atoms with van der Waals surface area (Å²) in [5, 5.41) is 0. The van der Waals surface area contributed by atoms with Gasteiger partial charge in [-0.15, -0.1) is 0 Å². The molecule has 0 bridgehead atoms. The first-order valence-corrected chi connectivity index (χ1v) is 4.05. The fourth-order valence-electron chi connectivity index (χ4n) is 0.661. The fraction of sp³-hybridized carbons (Fsp3) is 0.400. The average molecular weight is 172 g/mol. The summed E-state index contributed by atoms with van der Waals surface area (Å²) in [7, 11) is 0. The van der Waals surface area contributed by atoms with Crippen molar-refractivity contribution in [1.82, 2.24) is 0 Å². The maximum absolute atomic E-state index is 12.4. The maximum atomic E-state index is 12.4. The van der Waals surface area contributed by atoms with Gasteiger partial charge in [0.1, 0.15) is 0 Å². The van der Waals surface area contributed by atoms with Crippen molar-refractivity contribution >= 4 is 0 Å². The summed E-state index contributed by atoms with van der Waals surface area (Å²) in [5.41, 5.74) is 0. The lowest BCUT2D eigenvalue weighted by molar-refractivity contribution is 0.548. The average Bonchev–Trinajstić information content (AvgIpc) is 2.03. The van der Waals surface area contributed by atoms with Gasteiger partial charge in [-0.3, -0.25) is 0 Å². The Morgan fingerprint density at radius 3 is 2.58 bits per heavy atom. The van der Waals surface area contributed by atoms with E-state index in [4.69, 9.17) is 0 Å². The topological polar surface area (TPSA) is 0 Å². The van der Waals surface area contributed by atoms with Gasteiger partial charge < -0.3 is 0 Å². The molecule has 0 aliphatic heterocycles. The van der Waals surface area contributed by atoms with Crippen LogP contribution >= 0.6 is 0 Å². The van der Waals surface area contributed by atoms with Crippen LogP contribution in [0.4, 0.5) is 8.78 Å². The smallest absolute Gasteiger partial charge is 0.158 e. The van der Waals surface area contributed by atoms with E-state index in [0.717, 1.165) is 25.3 Å². The zero-order chi connectivity index (χ0) is 9.40. The van der Waals surface area contributed by atoms with Gasteiger partial charge in [-0.2, -0.15) is 0 Å². The second-order valence-electron chi connectivity index (χ2n) is 2.49. The first kappa shape index (κ1) is 11.1. The Kier molecular flexibility index (Phi) is 6.25. The highest BCUT2D eigenvalue weighted by Gasteiger charge is 1.94. The third-order valence-electron chi connectivity index (χ3n) is 1.36. The molecule has 2 heteroatoms. The molecule has 0 aromatic carbocycles. The minimum Gasteiger partial charge on any atom is -0.204 e. The highest BCUT2D eigenvalue weighted by Crippen LogP contribution is 2.09. The van der Waals surface area contributed by atoms with E-state index >= 15 is 0 Å². The number of rotatable bonds is 5. The van der Waals surface area contributed by atoms with Crippen molar-refractivity contribution in [3.05, 3.63) is 36.5 Å². The Bertz CT molecular complexity index is 190. The Labute approximate surface area is 72.3 Å². The lowest BCUT2D eigenvalue weighted by atomic mass is 10.2. The zero-order valence-electron chi connectivity index (χ0n) is 7.32. The maximum Gasteiger partial charge on any atom is 0.158 e. The van der Waals surface area contributed by atoms with Gasteiger partial charge in [0.15, 0.2) is 11.7 Å². The largest absolute Gasteiger partial charge is 0.204 e. The van der Waals surface area contributed by atoms with Crippen molar-refractivity contribution in [2.75, 3.05) is 0 Å².